The van der Waals surface area contributed by atoms with Crippen molar-refractivity contribution in [2.75, 3.05) is 5.32 Å². The third kappa shape index (κ3) is 2.42. The number of aryl methyl sites for hydroxylation is 2. The maximum Gasteiger partial charge on any atom is 0.272 e. The third-order valence-electron chi connectivity index (χ3n) is 4.38. The van der Waals surface area contributed by atoms with Gasteiger partial charge in [0.2, 0.25) is 0 Å². The van der Waals surface area contributed by atoms with Crippen LogP contribution in [0.2, 0.25) is 0 Å². The largest absolute Gasteiger partial charge is 0.349 e. The molecule has 0 radical (unpaired) electrons. The number of benzene rings is 2. The van der Waals surface area contributed by atoms with Crippen molar-refractivity contribution in [2.24, 2.45) is 0 Å². The summed E-state index contributed by atoms with van der Waals surface area (Å²) in [7, 11) is 0. The lowest BCUT2D eigenvalue weighted by molar-refractivity contribution is 0.102. The fraction of sp³-hybridized carbons (Fsp3) is 0.100. The number of nitrogens with zero attached hydrogens (tertiary/aromatic N) is 1. The topological polar surface area (TPSA) is 57.8 Å². The van der Waals surface area contributed by atoms with Gasteiger partial charge in [-0.1, -0.05) is 24.3 Å². The summed E-state index contributed by atoms with van der Waals surface area (Å²) in [4.78, 5) is 20.2. The number of pyridine rings is 1. The van der Waals surface area contributed by atoms with Crippen molar-refractivity contribution >= 4 is 33.4 Å². The molecule has 0 aliphatic heterocycles. The molecule has 4 rings (SSSR count). The van der Waals surface area contributed by atoms with Crippen LogP contribution in [-0.4, -0.2) is 15.9 Å². The van der Waals surface area contributed by atoms with E-state index in [1.807, 2.05) is 55.5 Å². The van der Waals surface area contributed by atoms with E-state index in [1.54, 1.807) is 6.20 Å². The quantitative estimate of drug-likeness (QED) is 0.568. The molecule has 2 aromatic carbocycles. The molecule has 1 amide bonds. The zero-order valence-electron chi connectivity index (χ0n) is 13.6. The van der Waals surface area contributed by atoms with Gasteiger partial charge >= 0.3 is 0 Å². The fourth-order valence-corrected chi connectivity index (χ4v) is 2.88. The molecule has 0 bridgehead atoms. The molecule has 4 nitrogen and oxygen atoms in total. The Kier molecular flexibility index (Phi) is 3.31. The van der Waals surface area contributed by atoms with Crippen molar-refractivity contribution in [1.29, 1.82) is 0 Å². The van der Waals surface area contributed by atoms with Gasteiger partial charge in [0.25, 0.3) is 5.91 Å². The average Bonchev–Trinajstić information content (AvgIpc) is 3.03. The third-order valence-corrected chi connectivity index (χ3v) is 4.38. The number of carbonyl (C=O) groups excluding carboxylic acids is 1. The Morgan fingerprint density at radius 2 is 1.83 bits per heavy atom. The molecule has 118 valence electrons. The first-order valence-corrected chi connectivity index (χ1v) is 7.87. The molecule has 2 N–H and O–H groups in total. The summed E-state index contributed by atoms with van der Waals surface area (Å²) >= 11 is 0. The van der Waals surface area contributed by atoms with Gasteiger partial charge in [-0.15, -0.1) is 0 Å². The summed E-state index contributed by atoms with van der Waals surface area (Å²) in [5.41, 5.74) is 5.44. The molecule has 4 aromatic rings. The van der Waals surface area contributed by atoms with Crippen LogP contribution >= 0.6 is 0 Å². The van der Waals surface area contributed by atoms with Crippen LogP contribution in [0.15, 0.2) is 54.7 Å². The molecule has 0 unspecified atom stereocenters. The Morgan fingerprint density at radius 1 is 1.00 bits per heavy atom. The van der Waals surface area contributed by atoms with Crippen LogP contribution in [0.25, 0.3) is 21.8 Å². The standard InChI is InChI=1S/C20H17N3O/c1-12-5-8-16(10-13(12)2)22-20(24)17-11-15-7-6-14-4-3-9-21-18(14)19(15)23-17/h3-11,23H,1-2H3,(H,22,24). The second-order valence-electron chi connectivity index (χ2n) is 6.04. The van der Waals surface area contributed by atoms with Gasteiger partial charge in [0.15, 0.2) is 0 Å². The first-order valence-electron chi connectivity index (χ1n) is 7.87. The Balaban J connectivity index is 1.71. The monoisotopic (exact) mass is 315 g/mol. The van der Waals surface area contributed by atoms with Crippen molar-refractivity contribution < 1.29 is 4.79 Å². The summed E-state index contributed by atoms with van der Waals surface area (Å²) in [5.74, 6) is -0.154. The minimum absolute atomic E-state index is 0.154. The van der Waals surface area contributed by atoms with Crippen molar-refractivity contribution in [1.82, 2.24) is 9.97 Å². The van der Waals surface area contributed by atoms with E-state index in [2.05, 4.69) is 22.2 Å². The highest BCUT2D eigenvalue weighted by Gasteiger charge is 2.12. The number of hydrogen-bond donors (Lipinski definition) is 2. The number of carbonyl (C=O) groups is 1. The van der Waals surface area contributed by atoms with Crippen molar-refractivity contribution in [3.05, 3.63) is 71.5 Å². The number of aromatic amines is 1. The van der Waals surface area contributed by atoms with Crippen molar-refractivity contribution in [2.45, 2.75) is 13.8 Å². The van der Waals surface area contributed by atoms with Crippen LogP contribution in [0, 0.1) is 13.8 Å². The van der Waals surface area contributed by atoms with E-state index in [0.29, 0.717) is 5.69 Å². The average molecular weight is 315 g/mol. The highest BCUT2D eigenvalue weighted by Crippen LogP contribution is 2.24. The minimum atomic E-state index is -0.154. The van der Waals surface area contributed by atoms with Gasteiger partial charge in [0, 0.05) is 22.7 Å². The highest BCUT2D eigenvalue weighted by molar-refractivity contribution is 6.10. The van der Waals surface area contributed by atoms with Crippen LogP contribution in [0.5, 0.6) is 0 Å². The first kappa shape index (κ1) is 14.5. The van der Waals surface area contributed by atoms with Gasteiger partial charge in [-0.05, 0) is 49.2 Å². The lowest BCUT2D eigenvalue weighted by atomic mass is 10.1. The van der Waals surface area contributed by atoms with E-state index < -0.39 is 0 Å². The number of amides is 1. The number of H-pyrrole nitrogens is 1. The maximum atomic E-state index is 12.6. The lowest BCUT2D eigenvalue weighted by Crippen LogP contribution is -2.12. The van der Waals surface area contributed by atoms with Crippen LogP contribution in [0.1, 0.15) is 21.6 Å². The number of rotatable bonds is 2. The Morgan fingerprint density at radius 3 is 2.67 bits per heavy atom. The van der Waals surface area contributed by atoms with E-state index in [-0.39, 0.29) is 5.91 Å². The van der Waals surface area contributed by atoms with E-state index >= 15 is 0 Å². The molecular formula is C20H17N3O. The lowest BCUT2D eigenvalue weighted by Gasteiger charge is -2.06. The number of fused-ring (bicyclic) bond motifs is 3. The Labute approximate surface area is 139 Å². The van der Waals surface area contributed by atoms with Crippen LogP contribution < -0.4 is 5.32 Å². The number of nitrogens with one attached hydrogen (secondary N) is 2. The van der Waals surface area contributed by atoms with Gasteiger partial charge in [0.1, 0.15) is 5.69 Å². The molecule has 24 heavy (non-hydrogen) atoms. The van der Waals surface area contributed by atoms with E-state index in [0.717, 1.165) is 33.1 Å². The van der Waals surface area contributed by atoms with Crippen LogP contribution in [-0.2, 0) is 0 Å². The van der Waals surface area contributed by atoms with Crippen molar-refractivity contribution in [3.8, 4) is 0 Å². The fourth-order valence-electron chi connectivity index (χ4n) is 2.88. The molecule has 2 aromatic heterocycles. The van der Waals surface area contributed by atoms with Gasteiger partial charge in [-0.3, -0.25) is 9.78 Å². The summed E-state index contributed by atoms with van der Waals surface area (Å²) in [6.07, 6.45) is 1.76. The number of anilines is 1. The summed E-state index contributed by atoms with van der Waals surface area (Å²) in [6.45, 7) is 4.09. The number of aromatic nitrogens is 2. The smallest absolute Gasteiger partial charge is 0.272 e. The summed E-state index contributed by atoms with van der Waals surface area (Å²) < 4.78 is 0. The first-order chi connectivity index (χ1) is 11.6. The van der Waals surface area contributed by atoms with Gasteiger partial charge in [0.05, 0.1) is 11.0 Å². The SMILES string of the molecule is Cc1ccc(NC(=O)c2cc3ccc4cccnc4c3[nH]2)cc1C. The van der Waals surface area contributed by atoms with E-state index in [9.17, 15) is 4.79 Å². The van der Waals surface area contributed by atoms with Gasteiger partial charge in [-0.2, -0.15) is 0 Å². The van der Waals surface area contributed by atoms with E-state index in [1.165, 1.54) is 5.56 Å². The van der Waals surface area contributed by atoms with Gasteiger partial charge in [-0.25, -0.2) is 0 Å². The second kappa shape index (κ2) is 5.49. The number of hydrogen-bond acceptors (Lipinski definition) is 2. The molecule has 0 atom stereocenters. The molecule has 0 saturated carbocycles. The molecular weight excluding hydrogens is 298 g/mol. The van der Waals surface area contributed by atoms with Gasteiger partial charge < -0.3 is 10.3 Å². The molecule has 4 heteroatoms. The molecule has 0 aliphatic carbocycles. The Hall–Kier alpha value is -3.14. The molecule has 0 saturated heterocycles. The Bertz CT molecular complexity index is 1080. The van der Waals surface area contributed by atoms with Crippen LogP contribution in [0.3, 0.4) is 0 Å². The van der Waals surface area contributed by atoms with E-state index in [4.69, 9.17) is 0 Å². The normalized spacial score (nSPS) is 11.1. The molecule has 0 aliphatic rings. The van der Waals surface area contributed by atoms with Crippen molar-refractivity contribution in [3.63, 3.8) is 0 Å². The summed E-state index contributed by atoms with van der Waals surface area (Å²) in [6, 6.07) is 15.7. The minimum Gasteiger partial charge on any atom is -0.349 e. The summed E-state index contributed by atoms with van der Waals surface area (Å²) in [5, 5.41) is 4.97. The zero-order valence-corrected chi connectivity index (χ0v) is 13.6. The molecule has 0 spiro atoms. The molecule has 0 fully saturated rings. The van der Waals surface area contributed by atoms with Crippen LogP contribution in [0.4, 0.5) is 5.69 Å². The predicted molar refractivity (Wildman–Crippen MR) is 97.5 cm³/mol. The zero-order chi connectivity index (χ0) is 16.7. The maximum absolute atomic E-state index is 12.6. The highest BCUT2D eigenvalue weighted by atomic mass is 16.1. The predicted octanol–water partition coefficient (Wildman–Crippen LogP) is 4.59. The molecule has 2 heterocycles. The second-order valence-corrected chi connectivity index (χ2v) is 6.04.